The summed E-state index contributed by atoms with van der Waals surface area (Å²) in [4.78, 5) is 19.9. The quantitative estimate of drug-likeness (QED) is 0.113. The normalized spacial score (nSPS) is 11.8. The van der Waals surface area contributed by atoms with Crippen molar-refractivity contribution < 1.29 is 0 Å². The third-order valence-electron chi connectivity index (χ3n) is 26.1. The van der Waals surface area contributed by atoms with Gasteiger partial charge in [0.1, 0.15) is 0 Å². The maximum Gasteiger partial charge on any atom is 0.161 e. The number of nitrogens with zero attached hydrogens (tertiary/aromatic N) is 8. The molecule has 0 radical (unpaired) electrons. The van der Waals surface area contributed by atoms with Crippen LogP contribution in [0.5, 0.6) is 0 Å². The summed E-state index contributed by atoms with van der Waals surface area (Å²) < 4.78 is 4.65. The van der Waals surface area contributed by atoms with Gasteiger partial charge in [-0.3, -0.25) is 9.97 Å². The standard InChI is InChI=1S/2C59H34N4/c60-35-42-24-32-53-57-46(42)29-30-48-45(31-33-54(58(48)57)63(53)43-14-8-3-9-15-43)37-18-16-36(17-19-37)44-25-20-40-22-27-49-50(28-23-41-21-26-47(44)55(40)56(41)49)59-61-51(38-10-4-1-5-11-38)34-52(62-59)39-12-6-2-7-13-39;60-35-40-20-28-54-58-48(40)25-26-51-46(27-29-55(59(51)58)63(54)44-8-2-1-3-9-44)37-14-12-36(13-15-37)45-21-16-38-19-24-50-47(22-17-39-18-23-49(45)56(38)57(39)50)41-32-42(52-10-4-6-30-61-52)34-43(33-41)53-11-5-7-31-62-53/h2*1-34H. The van der Waals surface area contributed by atoms with E-state index in [-0.39, 0.29) is 0 Å². The van der Waals surface area contributed by atoms with Gasteiger partial charge in [-0.05, 0) is 246 Å². The van der Waals surface area contributed by atoms with Crippen molar-refractivity contribution in [2.75, 3.05) is 0 Å². The Bertz CT molecular complexity index is 8280. The summed E-state index contributed by atoms with van der Waals surface area (Å²) in [5, 5.41) is 43.8. The van der Waals surface area contributed by atoms with Gasteiger partial charge in [0.05, 0.1) is 68.1 Å². The van der Waals surface area contributed by atoms with Crippen molar-refractivity contribution in [3.8, 4) is 136 Å². The maximum atomic E-state index is 10.1. The number of nitriles is 2. The molecular weight excluding hydrogens is 1530 g/mol. The first-order valence-electron chi connectivity index (χ1n) is 42.6. The van der Waals surface area contributed by atoms with E-state index in [9.17, 15) is 10.5 Å². The topological polar surface area (TPSA) is 109 Å². The molecule has 26 aromatic rings. The third kappa shape index (κ3) is 11.3. The summed E-state index contributed by atoms with van der Waals surface area (Å²) in [7, 11) is 0. The highest BCUT2D eigenvalue weighted by atomic mass is 15.0. The lowest BCUT2D eigenvalue weighted by molar-refractivity contribution is 1.18. The Balaban J connectivity index is 0.000000137. The predicted octanol–water partition coefficient (Wildman–Crippen LogP) is 30.5. The molecule has 126 heavy (non-hydrogen) atoms. The second-order valence-electron chi connectivity index (χ2n) is 32.8. The van der Waals surface area contributed by atoms with E-state index in [4.69, 9.17) is 19.9 Å². The average Bonchev–Trinajstić information content (AvgIpc) is 1.41. The lowest BCUT2D eigenvalue weighted by Crippen LogP contribution is -1.97. The highest BCUT2D eigenvalue weighted by Crippen LogP contribution is 2.50. The molecular formula is C118H68N8. The first kappa shape index (κ1) is 71.6. The Morgan fingerprint density at radius 2 is 0.484 bits per heavy atom. The summed E-state index contributed by atoms with van der Waals surface area (Å²) in [6, 6.07) is 148. The van der Waals surface area contributed by atoms with Crippen LogP contribution in [0.4, 0.5) is 0 Å². The third-order valence-corrected chi connectivity index (χ3v) is 26.1. The monoisotopic (exact) mass is 1600 g/mol. The van der Waals surface area contributed by atoms with E-state index >= 15 is 0 Å². The molecule has 0 fully saturated rings. The van der Waals surface area contributed by atoms with Crippen molar-refractivity contribution in [1.29, 1.82) is 10.5 Å². The van der Waals surface area contributed by atoms with Gasteiger partial charge in [-0.2, -0.15) is 10.5 Å². The van der Waals surface area contributed by atoms with Crippen molar-refractivity contribution in [1.82, 2.24) is 29.1 Å². The molecule has 8 heteroatoms. The molecule has 21 aromatic carbocycles. The van der Waals surface area contributed by atoms with Crippen molar-refractivity contribution in [2.24, 2.45) is 0 Å². The van der Waals surface area contributed by atoms with E-state index in [0.29, 0.717) is 17.0 Å². The first-order valence-corrected chi connectivity index (χ1v) is 42.6. The molecule has 0 aliphatic rings. The molecule has 0 spiro atoms. The molecule has 0 atom stereocenters. The van der Waals surface area contributed by atoms with E-state index in [1.54, 1.807) is 0 Å². The summed E-state index contributed by atoms with van der Waals surface area (Å²) in [5.74, 6) is 0.711. The molecule has 0 N–H and O–H groups in total. The van der Waals surface area contributed by atoms with Gasteiger partial charge in [0.2, 0.25) is 0 Å². The minimum Gasteiger partial charge on any atom is -0.309 e. The Morgan fingerprint density at radius 3 is 0.849 bits per heavy atom. The fraction of sp³-hybridized carbons (Fsp3) is 0. The van der Waals surface area contributed by atoms with Crippen LogP contribution >= 0.6 is 0 Å². The van der Waals surface area contributed by atoms with Crippen LogP contribution in [-0.4, -0.2) is 29.1 Å². The van der Waals surface area contributed by atoms with Crippen LogP contribution in [0.15, 0.2) is 413 Å². The second-order valence-corrected chi connectivity index (χ2v) is 32.8. The van der Waals surface area contributed by atoms with Gasteiger partial charge in [-0.15, -0.1) is 0 Å². The van der Waals surface area contributed by atoms with E-state index in [2.05, 4.69) is 361 Å². The van der Waals surface area contributed by atoms with Gasteiger partial charge in [-0.25, -0.2) is 9.97 Å². The van der Waals surface area contributed by atoms with Crippen LogP contribution in [-0.2, 0) is 0 Å². The first-order chi connectivity index (χ1) is 62.4. The molecule has 0 amide bonds. The van der Waals surface area contributed by atoms with Gasteiger partial charge < -0.3 is 9.13 Å². The highest BCUT2D eigenvalue weighted by molar-refractivity contribution is 6.32. The lowest BCUT2D eigenvalue weighted by Gasteiger charge is -2.17. The van der Waals surface area contributed by atoms with Crippen LogP contribution in [0.3, 0.4) is 0 Å². The molecule has 0 bridgehead atoms. The molecule has 580 valence electrons. The maximum absolute atomic E-state index is 10.1. The Kier molecular flexibility index (Phi) is 16.3. The van der Waals surface area contributed by atoms with Crippen LogP contribution < -0.4 is 0 Å². The average molecular weight is 1600 g/mol. The predicted molar refractivity (Wildman–Crippen MR) is 521 cm³/mol. The van der Waals surface area contributed by atoms with Crippen LogP contribution in [0, 0.1) is 22.7 Å². The van der Waals surface area contributed by atoms with Gasteiger partial charge in [-0.1, -0.05) is 285 Å². The van der Waals surface area contributed by atoms with Gasteiger partial charge in [0, 0.05) is 83.9 Å². The summed E-state index contributed by atoms with van der Waals surface area (Å²) in [6.07, 6.45) is 3.70. The van der Waals surface area contributed by atoms with Gasteiger partial charge in [0.15, 0.2) is 5.82 Å². The fourth-order valence-corrected chi connectivity index (χ4v) is 20.4. The number of aromatic nitrogens is 6. The zero-order chi connectivity index (χ0) is 83.2. The number of benzene rings is 21. The van der Waals surface area contributed by atoms with Crippen molar-refractivity contribution in [2.45, 2.75) is 0 Å². The van der Waals surface area contributed by atoms with Crippen molar-refractivity contribution >= 4 is 130 Å². The molecule has 8 nitrogen and oxygen atoms in total. The highest BCUT2D eigenvalue weighted by Gasteiger charge is 2.26. The van der Waals surface area contributed by atoms with Crippen LogP contribution in [0.1, 0.15) is 11.1 Å². The molecule has 0 saturated carbocycles. The summed E-state index contributed by atoms with van der Waals surface area (Å²) >= 11 is 0. The minimum absolute atomic E-state index is 0.693. The Labute approximate surface area is 724 Å². The zero-order valence-corrected chi connectivity index (χ0v) is 67.8. The number of rotatable bonds is 12. The molecule has 0 aliphatic carbocycles. The van der Waals surface area contributed by atoms with Crippen molar-refractivity contribution in [3.63, 3.8) is 0 Å². The smallest absolute Gasteiger partial charge is 0.161 e. The Hall–Kier alpha value is -17.3. The molecule has 5 heterocycles. The number of hydrogen-bond donors (Lipinski definition) is 0. The van der Waals surface area contributed by atoms with Crippen molar-refractivity contribution in [3.05, 3.63) is 424 Å². The summed E-state index contributed by atoms with van der Waals surface area (Å²) in [5.41, 5.74) is 28.7. The van der Waals surface area contributed by atoms with E-state index in [1.807, 2.05) is 73.1 Å². The SMILES string of the molecule is N#Cc1ccc2c3c1ccc1c(-c4ccc(-c5ccc6ccc7c(-c8cc(-c9ccccn9)cc(-c9ccccn9)c8)ccc8ccc5c6c87)cc4)ccc(c13)n2-c1ccccc1.N#Cc1ccc2c3c1ccc1c(-c4ccc(-c5ccc6ccc7c(-c8nc(-c9ccccc9)cc(-c9ccccc9)n8)ccc8ccc5c6c87)cc4)ccc(c13)n2-c1ccccc1. The molecule has 5 aromatic heterocycles. The number of para-hydroxylation sites is 2. The van der Waals surface area contributed by atoms with E-state index in [0.717, 1.165) is 133 Å². The lowest BCUT2D eigenvalue weighted by atomic mass is 9.86. The molecule has 26 rings (SSSR count). The van der Waals surface area contributed by atoms with E-state index in [1.165, 1.54) is 114 Å². The minimum atomic E-state index is 0.693. The van der Waals surface area contributed by atoms with Gasteiger partial charge >= 0.3 is 0 Å². The van der Waals surface area contributed by atoms with Crippen LogP contribution in [0.2, 0.25) is 0 Å². The largest absolute Gasteiger partial charge is 0.309 e. The zero-order valence-electron chi connectivity index (χ0n) is 67.8. The second kappa shape index (κ2) is 28.7. The van der Waals surface area contributed by atoms with Crippen LogP contribution in [0.25, 0.3) is 253 Å². The molecule has 0 saturated heterocycles. The van der Waals surface area contributed by atoms with Gasteiger partial charge in [0.25, 0.3) is 0 Å². The Morgan fingerprint density at radius 1 is 0.198 bits per heavy atom. The number of hydrogen-bond acceptors (Lipinski definition) is 6. The summed E-state index contributed by atoms with van der Waals surface area (Å²) in [6.45, 7) is 0. The molecule has 0 aliphatic heterocycles. The van der Waals surface area contributed by atoms with E-state index < -0.39 is 0 Å². The molecule has 0 unspecified atom stereocenters. The fourth-order valence-electron chi connectivity index (χ4n) is 20.4. The number of pyridine rings is 2.